The summed E-state index contributed by atoms with van der Waals surface area (Å²) < 4.78 is 68.5. The molecule has 19 heteroatoms. The number of ether oxygens (including phenoxy) is 4. The van der Waals surface area contributed by atoms with E-state index in [4.69, 9.17) is 37.0 Å². The van der Waals surface area contributed by atoms with Gasteiger partial charge in [-0.3, -0.25) is 37.3 Å². The standard InChI is InChI=1S/C87H146O17P2/c1-5-9-13-17-21-25-29-33-37-39-40-42-46-50-54-58-62-66-70-74-87(92)104-83(78-98-85(90)72-68-64-60-56-52-48-45-41-38-34-30-26-22-18-14-10-6-2)80-102-106(95,96)100-76-81(88)75-99-105(93,94)101-79-82(103-86(91)73-69-65-61-57-53-49-44-36-32-28-24-20-16-12-8-4)77-97-84(89)71-67-63-59-55-51-47-43-35-31-27-23-19-15-11-7-3/h9,13,21-22,25-26,28,32-35,37-38,40,42-43,45,48,50,54,56,60,62,66,81-83,88H,5-8,10-12,14-20,23-24,27,29-31,36,39,41,44,46-47,49,51-53,55,57-59,61,63-65,67-80H2,1-4H3,(H,93,94)(H,95,96)/b13-9-,25-21-,26-22-,32-28-,37-33-,38-34-,42-40-,43-35-,48-45-,54-50-,60-56-,66-62-/t81-,82+,83+/m0/s1. The largest absolute Gasteiger partial charge is 0.472 e. The van der Waals surface area contributed by atoms with E-state index in [-0.39, 0.29) is 25.7 Å². The molecule has 0 rings (SSSR count). The number of allylic oxidation sites excluding steroid dienone is 24. The topological polar surface area (TPSA) is 237 Å². The van der Waals surface area contributed by atoms with E-state index >= 15 is 0 Å². The van der Waals surface area contributed by atoms with Crippen molar-refractivity contribution < 1.29 is 80.2 Å². The maximum atomic E-state index is 13.1. The van der Waals surface area contributed by atoms with Gasteiger partial charge in [0.15, 0.2) is 12.2 Å². The number of carbonyl (C=O) groups is 4. The lowest BCUT2D eigenvalue weighted by Crippen LogP contribution is -2.30. The molecule has 0 radical (unpaired) electrons. The number of phosphoric ester groups is 2. The Kier molecular flexibility index (Phi) is 74.3. The quantitative estimate of drug-likeness (QED) is 0.0169. The molecule has 0 heterocycles. The minimum atomic E-state index is -5.02. The molecule has 0 saturated carbocycles. The Morgan fingerprint density at radius 1 is 0.274 bits per heavy atom. The summed E-state index contributed by atoms with van der Waals surface area (Å²) in [5, 5.41) is 10.7. The van der Waals surface area contributed by atoms with E-state index in [1.807, 2.05) is 30.4 Å². The molecule has 0 bridgehead atoms. The average molecular weight is 1530 g/mol. The number of hydrogen-bond donors (Lipinski definition) is 3. The summed E-state index contributed by atoms with van der Waals surface area (Å²) in [6, 6.07) is 0. The molecule has 0 aliphatic carbocycles. The SMILES string of the molecule is CC/C=C\C/C=C\C/C=C\C/C=C\C/C=C\C/C=C\CCC(=O)O[C@H](COC(=O)CCC/C=C\C/C=C\C/C=C\C/C=C\CCCCC)COP(=O)(O)OC[C@@H](O)COP(=O)(O)OC[C@@H](COC(=O)CCCCCCC/C=C\CCCCCCCC)OC(=O)CCCCCCCCC/C=C\CCCCCC. The van der Waals surface area contributed by atoms with E-state index in [2.05, 4.69) is 143 Å². The first-order valence-electron chi connectivity index (χ1n) is 41.1. The van der Waals surface area contributed by atoms with Gasteiger partial charge in [-0.05, 0) is 154 Å². The van der Waals surface area contributed by atoms with Crippen molar-refractivity contribution in [3.63, 3.8) is 0 Å². The Balaban J connectivity index is 5.50. The fraction of sp³-hybridized carbons (Fsp3) is 0.678. The zero-order valence-corrected chi connectivity index (χ0v) is 68.1. The molecule has 5 atom stereocenters. The molecule has 17 nitrogen and oxygen atoms in total. The van der Waals surface area contributed by atoms with Crippen LogP contribution in [-0.4, -0.2) is 96.7 Å². The van der Waals surface area contributed by atoms with Crippen molar-refractivity contribution in [2.24, 2.45) is 0 Å². The summed E-state index contributed by atoms with van der Waals surface area (Å²) in [7, 11) is -10.0. The van der Waals surface area contributed by atoms with Crippen LogP contribution >= 0.6 is 15.6 Å². The predicted octanol–water partition coefficient (Wildman–Crippen LogP) is 24.2. The minimum Gasteiger partial charge on any atom is -0.462 e. The Morgan fingerprint density at radius 2 is 0.519 bits per heavy atom. The number of phosphoric acid groups is 2. The Morgan fingerprint density at radius 3 is 0.887 bits per heavy atom. The number of unbranched alkanes of at least 4 members (excludes halogenated alkanes) is 26. The molecule has 0 amide bonds. The lowest BCUT2D eigenvalue weighted by Gasteiger charge is -2.21. The third kappa shape index (κ3) is 77.1. The van der Waals surface area contributed by atoms with Crippen LogP contribution in [-0.2, 0) is 65.4 Å². The highest BCUT2D eigenvalue weighted by Gasteiger charge is 2.30. The van der Waals surface area contributed by atoms with Gasteiger partial charge >= 0.3 is 39.5 Å². The van der Waals surface area contributed by atoms with Gasteiger partial charge in [0, 0.05) is 25.7 Å². The third-order valence-corrected chi connectivity index (χ3v) is 18.7. The minimum absolute atomic E-state index is 0.0462. The Labute approximate surface area is 643 Å². The van der Waals surface area contributed by atoms with E-state index < -0.39 is 97.5 Å². The highest BCUT2D eigenvalue weighted by Crippen LogP contribution is 2.45. The van der Waals surface area contributed by atoms with Crippen LogP contribution in [0.1, 0.15) is 323 Å². The van der Waals surface area contributed by atoms with Gasteiger partial charge in [0.25, 0.3) is 0 Å². The zero-order chi connectivity index (χ0) is 77.4. The normalized spacial score (nSPS) is 14.6. The lowest BCUT2D eigenvalue weighted by molar-refractivity contribution is -0.161. The summed E-state index contributed by atoms with van der Waals surface area (Å²) in [6.07, 6.45) is 89.8. The van der Waals surface area contributed by atoms with Gasteiger partial charge in [-0.25, -0.2) is 9.13 Å². The summed E-state index contributed by atoms with van der Waals surface area (Å²) in [4.78, 5) is 73.1. The molecular weight excluding hydrogens is 1380 g/mol. The second-order valence-electron chi connectivity index (χ2n) is 27.0. The summed E-state index contributed by atoms with van der Waals surface area (Å²) >= 11 is 0. The molecule has 0 aromatic rings. The molecule has 0 saturated heterocycles. The number of esters is 4. The van der Waals surface area contributed by atoms with Crippen LogP contribution in [0.25, 0.3) is 0 Å². The van der Waals surface area contributed by atoms with Crippen molar-refractivity contribution in [1.29, 1.82) is 0 Å². The highest BCUT2D eigenvalue weighted by molar-refractivity contribution is 7.47. The number of rotatable bonds is 76. The second kappa shape index (κ2) is 78.1. The van der Waals surface area contributed by atoms with Crippen LogP contribution in [0.5, 0.6) is 0 Å². The summed E-state index contributed by atoms with van der Waals surface area (Å²) in [5.74, 6) is -2.35. The van der Waals surface area contributed by atoms with Gasteiger partial charge < -0.3 is 33.8 Å². The van der Waals surface area contributed by atoms with E-state index in [1.165, 1.54) is 83.5 Å². The van der Waals surface area contributed by atoms with Gasteiger partial charge in [0.2, 0.25) is 0 Å². The Bertz CT molecular complexity index is 2580. The van der Waals surface area contributed by atoms with Crippen molar-refractivity contribution in [2.45, 2.75) is 341 Å². The van der Waals surface area contributed by atoms with Crippen molar-refractivity contribution in [3.8, 4) is 0 Å². The molecule has 0 aliphatic rings. The fourth-order valence-electron chi connectivity index (χ4n) is 10.5. The van der Waals surface area contributed by atoms with Gasteiger partial charge in [-0.15, -0.1) is 0 Å². The number of aliphatic hydroxyl groups is 1. The molecule has 3 N–H and O–H groups in total. The first kappa shape index (κ1) is 101. The first-order valence-corrected chi connectivity index (χ1v) is 44.1. The fourth-order valence-corrected chi connectivity index (χ4v) is 12.1. The van der Waals surface area contributed by atoms with E-state index in [0.29, 0.717) is 38.5 Å². The van der Waals surface area contributed by atoms with E-state index in [0.717, 1.165) is 148 Å². The van der Waals surface area contributed by atoms with Crippen LogP contribution in [0.15, 0.2) is 146 Å². The second-order valence-corrected chi connectivity index (χ2v) is 29.9. The van der Waals surface area contributed by atoms with Gasteiger partial charge in [0.05, 0.1) is 26.4 Å². The predicted molar refractivity (Wildman–Crippen MR) is 436 cm³/mol. The van der Waals surface area contributed by atoms with Gasteiger partial charge in [-0.1, -0.05) is 289 Å². The van der Waals surface area contributed by atoms with Gasteiger partial charge in [0.1, 0.15) is 19.3 Å². The molecule has 106 heavy (non-hydrogen) atoms. The molecule has 0 aromatic heterocycles. The molecular formula is C87H146O17P2. The maximum Gasteiger partial charge on any atom is 0.472 e. The van der Waals surface area contributed by atoms with Crippen LogP contribution in [0.2, 0.25) is 0 Å². The number of aliphatic hydroxyl groups excluding tert-OH is 1. The van der Waals surface area contributed by atoms with Gasteiger partial charge in [-0.2, -0.15) is 0 Å². The number of carbonyl (C=O) groups excluding carboxylic acids is 4. The summed E-state index contributed by atoms with van der Waals surface area (Å²) in [6.45, 7) is 4.57. The van der Waals surface area contributed by atoms with E-state index in [1.54, 1.807) is 0 Å². The molecule has 0 spiro atoms. The number of hydrogen-bond acceptors (Lipinski definition) is 15. The lowest BCUT2D eigenvalue weighted by atomic mass is 10.1. The first-order chi connectivity index (χ1) is 51.7. The van der Waals surface area contributed by atoms with Crippen molar-refractivity contribution in [2.75, 3.05) is 39.6 Å². The molecule has 0 fully saturated rings. The Hall–Kier alpha value is -5.06. The maximum absolute atomic E-state index is 13.1. The van der Waals surface area contributed by atoms with Crippen molar-refractivity contribution in [3.05, 3.63) is 146 Å². The third-order valence-electron chi connectivity index (χ3n) is 16.8. The smallest absolute Gasteiger partial charge is 0.462 e. The highest BCUT2D eigenvalue weighted by atomic mass is 31.2. The molecule has 0 aliphatic heterocycles. The van der Waals surface area contributed by atoms with Crippen LogP contribution in [0.4, 0.5) is 0 Å². The molecule has 0 aromatic carbocycles. The molecule has 606 valence electrons. The van der Waals surface area contributed by atoms with Crippen molar-refractivity contribution >= 4 is 39.5 Å². The van der Waals surface area contributed by atoms with Crippen LogP contribution in [0.3, 0.4) is 0 Å². The molecule has 2 unspecified atom stereocenters. The zero-order valence-electron chi connectivity index (χ0n) is 66.3. The van der Waals surface area contributed by atoms with E-state index in [9.17, 15) is 43.2 Å². The summed E-state index contributed by atoms with van der Waals surface area (Å²) in [5.41, 5.74) is 0. The monoisotopic (exact) mass is 1530 g/mol. The van der Waals surface area contributed by atoms with Crippen molar-refractivity contribution in [1.82, 2.24) is 0 Å². The van der Waals surface area contributed by atoms with Crippen LogP contribution in [0, 0.1) is 0 Å². The van der Waals surface area contributed by atoms with Crippen LogP contribution < -0.4 is 0 Å². The average Bonchev–Trinajstić information content (AvgIpc) is 0.902.